The monoisotopic (exact) mass is 285 g/mol. The molecule has 1 aromatic heterocycles. The molecule has 1 heterocycles. The molecule has 0 radical (unpaired) electrons. The van der Waals surface area contributed by atoms with E-state index >= 15 is 0 Å². The average molecular weight is 286 g/mol. The van der Waals surface area contributed by atoms with Crippen molar-refractivity contribution in [2.75, 3.05) is 19.5 Å². The number of aryl methyl sites for hydroxylation is 1. The van der Waals surface area contributed by atoms with E-state index in [-0.39, 0.29) is 5.91 Å². The lowest BCUT2D eigenvalue weighted by Crippen LogP contribution is -2.31. The second kappa shape index (κ2) is 6.28. The molecule has 1 amide bonds. The van der Waals surface area contributed by atoms with Gasteiger partial charge >= 0.3 is 0 Å². The molecule has 2 rings (SSSR count). The minimum atomic E-state index is -0.154. The lowest BCUT2D eigenvalue weighted by atomic mass is 9.98. The summed E-state index contributed by atoms with van der Waals surface area (Å²) >= 11 is 5.93. The highest BCUT2D eigenvalue weighted by Crippen LogP contribution is 2.31. The summed E-state index contributed by atoms with van der Waals surface area (Å²) < 4.78 is 6.64. The van der Waals surface area contributed by atoms with Crippen molar-refractivity contribution < 1.29 is 9.53 Å². The molecule has 19 heavy (non-hydrogen) atoms. The third kappa shape index (κ3) is 3.21. The number of rotatable bonds is 5. The van der Waals surface area contributed by atoms with Crippen LogP contribution in [0.3, 0.4) is 0 Å². The first-order valence-electron chi connectivity index (χ1n) is 6.58. The predicted molar refractivity (Wildman–Crippen MR) is 73.6 cm³/mol. The minimum Gasteiger partial charge on any atom is -0.481 e. The number of nitrogens with zero attached hydrogens (tertiary/aromatic N) is 2. The van der Waals surface area contributed by atoms with E-state index in [9.17, 15) is 4.79 Å². The summed E-state index contributed by atoms with van der Waals surface area (Å²) in [5.41, 5.74) is 0.389. The summed E-state index contributed by atoms with van der Waals surface area (Å²) in [6, 6.07) is 1.64. The molecular formula is C13H20ClN3O2. The molecule has 1 aromatic rings. The summed E-state index contributed by atoms with van der Waals surface area (Å²) in [5, 5.41) is 7.06. The molecule has 1 N–H and O–H groups in total. The van der Waals surface area contributed by atoms with Crippen molar-refractivity contribution >= 4 is 17.5 Å². The van der Waals surface area contributed by atoms with Crippen LogP contribution in [-0.2, 0) is 7.05 Å². The molecule has 106 valence electrons. The van der Waals surface area contributed by atoms with Crippen LogP contribution in [0.1, 0.15) is 29.8 Å². The van der Waals surface area contributed by atoms with Crippen LogP contribution in [0.4, 0.5) is 0 Å². The molecular weight excluding hydrogens is 266 g/mol. The highest BCUT2D eigenvalue weighted by atomic mass is 35.5. The molecule has 0 saturated heterocycles. The maximum atomic E-state index is 12.0. The number of nitrogens with one attached hydrogen (secondary N) is 1. The Labute approximate surface area is 118 Å². The zero-order valence-corrected chi connectivity index (χ0v) is 12.1. The molecule has 6 heteroatoms. The largest absolute Gasteiger partial charge is 0.481 e. The van der Waals surface area contributed by atoms with Gasteiger partial charge in [-0.25, -0.2) is 4.68 Å². The Bertz CT molecular complexity index is 447. The zero-order valence-electron chi connectivity index (χ0n) is 11.4. The number of halogens is 1. The van der Waals surface area contributed by atoms with Crippen LogP contribution in [0.2, 0.25) is 0 Å². The Morgan fingerprint density at radius 2 is 2.32 bits per heavy atom. The molecule has 5 nitrogen and oxygen atoms in total. The molecule has 2 unspecified atom stereocenters. The number of carbonyl (C=O) groups is 1. The fraction of sp³-hybridized carbons (Fsp3) is 0.692. The number of methoxy groups -OCH3 is 1. The van der Waals surface area contributed by atoms with Gasteiger partial charge in [0.25, 0.3) is 5.91 Å². The summed E-state index contributed by atoms with van der Waals surface area (Å²) in [7, 11) is 3.30. The van der Waals surface area contributed by atoms with E-state index in [0.717, 1.165) is 6.42 Å². The molecule has 0 aromatic carbocycles. The molecule has 1 aliphatic carbocycles. The van der Waals surface area contributed by atoms with E-state index < -0.39 is 0 Å². The first-order valence-corrected chi connectivity index (χ1v) is 7.11. The normalized spacial score (nSPS) is 22.5. The van der Waals surface area contributed by atoms with Gasteiger partial charge in [0, 0.05) is 25.5 Å². The molecule has 0 aliphatic heterocycles. The van der Waals surface area contributed by atoms with Gasteiger partial charge in [-0.3, -0.25) is 4.79 Å². The van der Waals surface area contributed by atoms with Gasteiger partial charge in [-0.2, -0.15) is 5.10 Å². The lowest BCUT2D eigenvalue weighted by Gasteiger charge is -2.17. The van der Waals surface area contributed by atoms with Crippen LogP contribution in [0, 0.1) is 11.8 Å². The van der Waals surface area contributed by atoms with Gasteiger partial charge in [0.2, 0.25) is 5.88 Å². The highest BCUT2D eigenvalue weighted by molar-refractivity contribution is 6.18. The third-order valence-corrected chi connectivity index (χ3v) is 4.21. The number of hydrogen-bond acceptors (Lipinski definition) is 3. The summed E-state index contributed by atoms with van der Waals surface area (Å²) in [6.07, 6.45) is 3.51. The molecule has 0 bridgehead atoms. The first kappa shape index (κ1) is 14.2. The molecule has 0 spiro atoms. The van der Waals surface area contributed by atoms with Gasteiger partial charge in [0.1, 0.15) is 0 Å². The second-order valence-electron chi connectivity index (χ2n) is 5.01. The quantitative estimate of drug-likeness (QED) is 0.840. The Morgan fingerprint density at radius 3 is 2.95 bits per heavy atom. The number of carbonyl (C=O) groups excluding carboxylic acids is 1. The molecule has 1 fully saturated rings. The van der Waals surface area contributed by atoms with Gasteiger partial charge < -0.3 is 10.1 Å². The zero-order chi connectivity index (χ0) is 13.8. The Morgan fingerprint density at radius 1 is 1.58 bits per heavy atom. The van der Waals surface area contributed by atoms with Crippen molar-refractivity contribution in [1.29, 1.82) is 0 Å². The molecule has 2 atom stereocenters. The van der Waals surface area contributed by atoms with Gasteiger partial charge in [-0.05, 0) is 24.7 Å². The summed E-state index contributed by atoms with van der Waals surface area (Å²) in [6.45, 7) is 0.676. The Balaban J connectivity index is 1.90. The van der Waals surface area contributed by atoms with Crippen LogP contribution in [0.15, 0.2) is 6.07 Å². The topological polar surface area (TPSA) is 56.1 Å². The van der Waals surface area contributed by atoms with Crippen LogP contribution < -0.4 is 10.1 Å². The van der Waals surface area contributed by atoms with Crippen molar-refractivity contribution in [2.45, 2.75) is 19.3 Å². The second-order valence-corrected chi connectivity index (χ2v) is 5.32. The predicted octanol–water partition coefficient (Wildman–Crippen LogP) is 1.81. The van der Waals surface area contributed by atoms with Gasteiger partial charge in [-0.15, -0.1) is 11.6 Å². The number of amides is 1. The maximum Gasteiger partial charge on any atom is 0.271 e. The fourth-order valence-corrected chi connectivity index (χ4v) is 3.06. The third-order valence-electron chi connectivity index (χ3n) is 3.82. The average Bonchev–Trinajstić information content (AvgIpc) is 3.01. The smallest absolute Gasteiger partial charge is 0.271 e. The van der Waals surface area contributed by atoms with E-state index in [0.29, 0.717) is 35.8 Å². The number of alkyl halides is 1. The van der Waals surface area contributed by atoms with E-state index in [2.05, 4.69) is 10.4 Å². The van der Waals surface area contributed by atoms with Crippen molar-refractivity contribution in [3.05, 3.63) is 11.8 Å². The van der Waals surface area contributed by atoms with Crippen LogP contribution in [0.5, 0.6) is 5.88 Å². The number of hydrogen-bond donors (Lipinski definition) is 1. The van der Waals surface area contributed by atoms with Gasteiger partial charge in [-0.1, -0.05) is 6.42 Å². The van der Waals surface area contributed by atoms with Crippen molar-refractivity contribution in [3.63, 3.8) is 0 Å². The van der Waals surface area contributed by atoms with E-state index in [1.54, 1.807) is 24.9 Å². The Hall–Kier alpha value is -1.23. The van der Waals surface area contributed by atoms with Crippen LogP contribution >= 0.6 is 11.6 Å². The standard InChI is InChI=1S/C13H20ClN3O2/c1-17-12(19-2)6-11(16-17)13(18)15-8-10-5-3-4-9(10)7-14/h6,9-10H,3-5,7-8H2,1-2H3,(H,15,18). The first-order chi connectivity index (χ1) is 9.15. The van der Waals surface area contributed by atoms with Gasteiger partial charge in [0.15, 0.2) is 5.69 Å². The van der Waals surface area contributed by atoms with E-state index in [1.807, 2.05) is 0 Å². The number of aromatic nitrogens is 2. The fourth-order valence-electron chi connectivity index (χ4n) is 2.65. The number of ether oxygens (including phenoxy) is 1. The molecule has 1 saturated carbocycles. The summed E-state index contributed by atoms with van der Waals surface area (Å²) in [5.74, 6) is 2.12. The van der Waals surface area contributed by atoms with Crippen LogP contribution in [0.25, 0.3) is 0 Å². The van der Waals surface area contributed by atoms with Crippen molar-refractivity contribution in [3.8, 4) is 5.88 Å². The van der Waals surface area contributed by atoms with Crippen LogP contribution in [-0.4, -0.2) is 35.2 Å². The maximum absolute atomic E-state index is 12.0. The highest BCUT2D eigenvalue weighted by Gasteiger charge is 2.27. The van der Waals surface area contributed by atoms with E-state index in [1.165, 1.54) is 12.8 Å². The van der Waals surface area contributed by atoms with Gasteiger partial charge in [0.05, 0.1) is 7.11 Å². The van der Waals surface area contributed by atoms with E-state index in [4.69, 9.17) is 16.3 Å². The van der Waals surface area contributed by atoms with Crippen molar-refractivity contribution in [2.24, 2.45) is 18.9 Å². The van der Waals surface area contributed by atoms with Crippen molar-refractivity contribution in [1.82, 2.24) is 15.1 Å². The minimum absolute atomic E-state index is 0.154. The Kier molecular flexibility index (Phi) is 4.69. The molecule has 1 aliphatic rings. The lowest BCUT2D eigenvalue weighted by molar-refractivity contribution is 0.0939. The summed E-state index contributed by atoms with van der Waals surface area (Å²) in [4.78, 5) is 12.0. The SMILES string of the molecule is COc1cc(C(=O)NCC2CCCC2CCl)nn1C.